The fraction of sp³-hybridized carbons (Fsp3) is 0.240. The Morgan fingerprint density at radius 2 is 1.85 bits per heavy atom. The second kappa shape index (κ2) is 12.8. The van der Waals surface area contributed by atoms with Gasteiger partial charge in [0.1, 0.15) is 12.4 Å². The van der Waals surface area contributed by atoms with Gasteiger partial charge in [-0.05, 0) is 59.0 Å². The van der Waals surface area contributed by atoms with E-state index in [4.69, 9.17) is 21.4 Å². The molecule has 39 heavy (non-hydrogen) atoms. The Kier molecular flexibility index (Phi) is 8.97. The van der Waals surface area contributed by atoms with Crippen molar-refractivity contribution in [3.63, 3.8) is 0 Å². The highest BCUT2D eigenvalue weighted by molar-refractivity contribution is 6.30. The molecule has 0 unspecified atom stereocenters. The van der Waals surface area contributed by atoms with Gasteiger partial charge in [0, 0.05) is 35.4 Å². The highest BCUT2D eigenvalue weighted by Crippen LogP contribution is 2.20. The maximum Gasteiger partial charge on any atom is 0.335 e. The number of carboxylic acids is 1. The van der Waals surface area contributed by atoms with Gasteiger partial charge in [-0.1, -0.05) is 11.6 Å². The molecule has 0 aliphatic carbocycles. The quantitative estimate of drug-likeness (QED) is 0.331. The van der Waals surface area contributed by atoms with Gasteiger partial charge in [0.2, 0.25) is 17.7 Å². The number of aromatic nitrogens is 4. The summed E-state index contributed by atoms with van der Waals surface area (Å²) in [6, 6.07) is 9.25. The molecule has 4 rings (SSSR count). The molecule has 3 amide bonds. The first-order chi connectivity index (χ1) is 18.8. The van der Waals surface area contributed by atoms with Crippen molar-refractivity contribution in [2.75, 3.05) is 31.6 Å². The van der Waals surface area contributed by atoms with Crippen LogP contribution in [0.1, 0.15) is 22.3 Å². The number of hydrogen-bond acceptors (Lipinski definition) is 8. The standard InChI is InChI=1S/C25H24ClN7O6/c26-18-4-7-21(33-15-27-30-31-33)17(13-18)3-8-22(34)29-20(14-23(35)32-9-11-39-12-10-32)24(36)28-19-5-1-16(2-6-19)25(37)38/h1-8,13,15,20H,9-12,14H2,(H,28,36)(H,29,34)(H,37,38)/b8-3+/t20-/m0/s1. The molecule has 2 aromatic carbocycles. The highest BCUT2D eigenvalue weighted by Gasteiger charge is 2.27. The van der Waals surface area contributed by atoms with Gasteiger partial charge >= 0.3 is 5.97 Å². The van der Waals surface area contributed by atoms with Crippen molar-refractivity contribution in [2.24, 2.45) is 0 Å². The molecule has 1 fully saturated rings. The van der Waals surface area contributed by atoms with E-state index in [1.807, 2.05) is 0 Å². The lowest BCUT2D eigenvalue weighted by atomic mass is 10.1. The third-order valence-corrected chi connectivity index (χ3v) is 6.01. The number of carbonyl (C=O) groups excluding carboxylic acids is 3. The van der Waals surface area contributed by atoms with Gasteiger partial charge in [-0.3, -0.25) is 14.4 Å². The first-order valence-corrected chi connectivity index (χ1v) is 12.2. The van der Waals surface area contributed by atoms with Gasteiger partial charge in [0.25, 0.3) is 0 Å². The number of ether oxygens (including phenoxy) is 1. The van der Waals surface area contributed by atoms with E-state index in [2.05, 4.69) is 26.2 Å². The number of nitrogens with one attached hydrogen (secondary N) is 2. The number of aromatic carboxylic acids is 1. The number of rotatable bonds is 9. The molecule has 1 saturated heterocycles. The number of benzene rings is 2. The first-order valence-electron chi connectivity index (χ1n) is 11.8. The van der Waals surface area contributed by atoms with Crippen LogP contribution in [0.3, 0.4) is 0 Å². The summed E-state index contributed by atoms with van der Waals surface area (Å²) in [5.74, 6) is -2.70. The lowest BCUT2D eigenvalue weighted by Gasteiger charge is -2.28. The Bertz CT molecular complexity index is 1370. The number of nitrogens with zero attached hydrogens (tertiary/aromatic N) is 5. The fourth-order valence-corrected chi connectivity index (χ4v) is 3.96. The Balaban J connectivity index is 1.50. The summed E-state index contributed by atoms with van der Waals surface area (Å²) in [5, 5.41) is 25.8. The second-order valence-electron chi connectivity index (χ2n) is 8.42. The largest absolute Gasteiger partial charge is 0.478 e. The molecule has 13 nitrogen and oxygen atoms in total. The smallest absolute Gasteiger partial charge is 0.335 e. The minimum atomic E-state index is -1.21. The number of amides is 3. The van der Waals surface area contributed by atoms with E-state index in [-0.39, 0.29) is 17.9 Å². The van der Waals surface area contributed by atoms with Crippen molar-refractivity contribution in [3.05, 3.63) is 71.0 Å². The van der Waals surface area contributed by atoms with E-state index in [0.717, 1.165) is 0 Å². The molecular weight excluding hydrogens is 530 g/mol. The predicted octanol–water partition coefficient (Wildman–Crippen LogP) is 1.40. The first kappa shape index (κ1) is 27.4. The van der Waals surface area contributed by atoms with Crippen molar-refractivity contribution in [1.29, 1.82) is 0 Å². The number of morpholine rings is 1. The fourth-order valence-electron chi connectivity index (χ4n) is 3.78. The van der Waals surface area contributed by atoms with Crippen molar-refractivity contribution in [2.45, 2.75) is 12.5 Å². The minimum absolute atomic E-state index is 0.0487. The predicted molar refractivity (Wildman–Crippen MR) is 139 cm³/mol. The van der Waals surface area contributed by atoms with Crippen molar-refractivity contribution in [1.82, 2.24) is 30.4 Å². The lowest BCUT2D eigenvalue weighted by Crippen LogP contribution is -2.48. The van der Waals surface area contributed by atoms with Crippen LogP contribution in [-0.4, -0.2) is 86.2 Å². The van der Waals surface area contributed by atoms with E-state index >= 15 is 0 Å². The second-order valence-corrected chi connectivity index (χ2v) is 8.86. The molecule has 202 valence electrons. The molecular formula is C25H24ClN7O6. The van der Waals surface area contributed by atoms with Crippen LogP contribution < -0.4 is 10.6 Å². The number of carbonyl (C=O) groups is 4. The van der Waals surface area contributed by atoms with Crippen LogP contribution in [0.25, 0.3) is 11.8 Å². The molecule has 3 N–H and O–H groups in total. The molecule has 0 spiro atoms. The molecule has 0 saturated carbocycles. The number of tetrazole rings is 1. The van der Waals surface area contributed by atoms with E-state index in [1.54, 1.807) is 23.1 Å². The molecule has 1 aliphatic heterocycles. The molecule has 14 heteroatoms. The van der Waals surface area contributed by atoms with E-state index in [1.165, 1.54) is 47.4 Å². The molecule has 1 atom stereocenters. The zero-order valence-corrected chi connectivity index (χ0v) is 21.2. The molecule has 0 bridgehead atoms. The topological polar surface area (TPSA) is 169 Å². The third-order valence-electron chi connectivity index (χ3n) is 5.77. The lowest BCUT2D eigenvalue weighted by molar-refractivity contribution is -0.137. The Morgan fingerprint density at radius 1 is 1.10 bits per heavy atom. The summed E-state index contributed by atoms with van der Waals surface area (Å²) in [6.45, 7) is 1.53. The molecule has 3 aromatic rings. The van der Waals surface area contributed by atoms with Gasteiger partial charge in [0.05, 0.1) is 30.9 Å². The van der Waals surface area contributed by atoms with E-state index in [9.17, 15) is 19.2 Å². The van der Waals surface area contributed by atoms with Crippen LogP contribution in [0.5, 0.6) is 0 Å². The summed E-state index contributed by atoms with van der Waals surface area (Å²) >= 11 is 6.12. The van der Waals surface area contributed by atoms with E-state index < -0.39 is 23.8 Å². The Hall–Kier alpha value is -4.62. The van der Waals surface area contributed by atoms with E-state index in [0.29, 0.717) is 48.3 Å². The minimum Gasteiger partial charge on any atom is -0.478 e. The van der Waals surface area contributed by atoms with Crippen LogP contribution in [0.2, 0.25) is 5.02 Å². The molecule has 2 heterocycles. The summed E-state index contributed by atoms with van der Waals surface area (Å²) < 4.78 is 6.68. The number of halogens is 1. The normalized spacial score (nSPS) is 14.1. The summed E-state index contributed by atoms with van der Waals surface area (Å²) in [4.78, 5) is 51.5. The third kappa shape index (κ3) is 7.46. The van der Waals surface area contributed by atoms with Gasteiger partial charge in [-0.2, -0.15) is 4.68 Å². The number of anilines is 1. The maximum absolute atomic E-state index is 13.1. The summed E-state index contributed by atoms with van der Waals surface area (Å²) in [7, 11) is 0. The van der Waals surface area contributed by atoms with Crippen LogP contribution in [0, 0.1) is 0 Å². The van der Waals surface area contributed by atoms with Gasteiger partial charge in [0.15, 0.2) is 0 Å². The van der Waals surface area contributed by atoms with Crippen LogP contribution in [-0.2, 0) is 19.1 Å². The average molecular weight is 554 g/mol. The summed E-state index contributed by atoms with van der Waals surface area (Å²) in [5.41, 5.74) is 1.46. The highest BCUT2D eigenvalue weighted by atomic mass is 35.5. The van der Waals surface area contributed by atoms with Gasteiger partial charge < -0.3 is 25.4 Å². The molecule has 1 aromatic heterocycles. The van der Waals surface area contributed by atoms with Gasteiger partial charge in [-0.15, -0.1) is 5.10 Å². The summed E-state index contributed by atoms with van der Waals surface area (Å²) in [6.07, 6.45) is 3.80. The SMILES string of the molecule is O=C(/C=C/c1cc(Cl)ccc1-n1cnnn1)N[C@@H](CC(=O)N1CCOCC1)C(=O)Nc1ccc(C(=O)O)cc1. The zero-order valence-electron chi connectivity index (χ0n) is 20.5. The van der Waals surface area contributed by atoms with Crippen LogP contribution in [0.4, 0.5) is 5.69 Å². The number of hydrogen-bond donors (Lipinski definition) is 3. The Labute approximate surface area is 227 Å². The van der Waals surface area contributed by atoms with Crippen molar-refractivity contribution >= 4 is 47.1 Å². The van der Waals surface area contributed by atoms with Gasteiger partial charge in [-0.25, -0.2) is 4.79 Å². The van der Waals surface area contributed by atoms with Crippen molar-refractivity contribution < 1.29 is 29.0 Å². The average Bonchev–Trinajstić information content (AvgIpc) is 3.47. The Morgan fingerprint density at radius 3 is 2.51 bits per heavy atom. The molecule has 0 radical (unpaired) electrons. The van der Waals surface area contributed by atoms with Crippen LogP contribution >= 0.6 is 11.6 Å². The van der Waals surface area contributed by atoms with Crippen molar-refractivity contribution in [3.8, 4) is 5.69 Å². The maximum atomic E-state index is 13.1. The number of carboxylic acid groups (broad SMARTS) is 1. The monoisotopic (exact) mass is 553 g/mol. The molecule has 1 aliphatic rings. The zero-order chi connectivity index (χ0) is 27.8. The van der Waals surface area contributed by atoms with Crippen LogP contribution in [0.15, 0.2) is 54.9 Å².